The van der Waals surface area contributed by atoms with Crippen molar-refractivity contribution in [2.24, 2.45) is 0 Å². The van der Waals surface area contributed by atoms with E-state index in [-0.39, 0.29) is 22.4 Å². The normalized spacial score (nSPS) is 10.6. The van der Waals surface area contributed by atoms with Crippen molar-refractivity contribution in [2.75, 3.05) is 5.32 Å². The third-order valence-corrected chi connectivity index (χ3v) is 5.06. The number of benzene rings is 1. The number of aryl methyl sites for hydroxylation is 1. The number of hydrogen-bond donors (Lipinski definition) is 2. The Bertz CT molecular complexity index is 665. The predicted octanol–water partition coefficient (Wildman–Crippen LogP) is 6.42. The minimum Gasteiger partial charge on any atom is -0.327 e. The molecule has 29 heavy (non-hydrogen) atoms. The summed E-state index contributed by atoms with van der Waals surface area (Å²) in [5.74, 6) is -0.159. The second kappa shape index (κ2) is 14.9. The van der Waals surface area contributed by atoms with Gasteiger partial charge < -0.3 is 10.6 Å². The van der Waals surface area contributed by atoms with Crippen LogP contribution in [-0.4, -0.2) is 15.9 Å². The summed E-state index contributed by atoms with van der Waals surface area (Å²) in [6.45, 7) is 4.02. The highest BCUT2D eigenvalue weighted by Crippen LogP contribution is 2.25. The van der Waals surface area contributed by atoms with Crippen LogP contribution >= 0.6 is 12.2 Å². The van der Waals surface area contributed by atoms with Crippen LogP contribution in [0.1, 0.15) is 89.5 Å². The third-order valence-electron chi connectivity index (χ3n) is 4.86. The summed E-state index contributed by atoms with van der Waals surface area (Å²) in [6.07, 6.45) is 13.9. The second-order valence-electron chi connectivity index (χ2n) is 7.57. The smallest absolute Gasteiger partial charge is 0.292 e. The molecule has 162 valence electrons. The van der Waals surface area contributed by atoms with Gasteiger partial charge in [0.2, 0.25) is 5.91 Å². The van der Waals surface area contributed by atoms with E-state index in [9.17, 15) is 14.9 Å². The van der Waals surface area contributed by atoms with Crippen molar-refractivity contribution in [3.63, 3.8) is 0 Å². The average Bonchev–Trinajstić information content (AvgIpc) is 2.67. The van der Waals surface area contributed by atoms with Gasteiger partial charge in [0.1, 0.15) is 5.69 Å². The summed E-state index contributed by atoms with van der Waals surface area (Å²) in [4.78, 5) is 22.7. The number of carbonyl (C=O) groups is 1. The van der Waals surface area contributed by atoms with Crippen molar-refractivity contribution < 1.29 is 9.72 Å². The fraction of sp³-hybridized carbons (Fsp3) is 0.636. The van der Waals surface area contributed by atoms with Gasteiger partial charge >= 0.3 is 0 Å². The lowest BCUT2D eigenvalue weighted by Gasteiger charge is -2.10. The lowest BCUT2D eigenvalue weighted by Crippen LogP contribution is -2.34. The third kappa shape index (κ3) is 11.5. The summed E-state index contributed by atoms with van der Waals surface area (Å²) in [6, 6.07) is 4.82. The Kier molecular flexibility index (Phi) is 12.9. The number of amides is 1. The molecule has 0 unspecified atom stereocenters. The van der Waals surface area contributed by atoms with Crippen molar-refractivity contribution in [3.05, 3.63) is 33.9 Å². The van der Waals surface area contributed by atoms with Crippen LogP contribution in [0.5, 0.6) is 0 Å². The molecule has 6 nitrogen and oxygen atoms in total. The number of anilines is 1. The second-order valence-corrected chi connectivity index (χ2v) is 7.97. The molecule has 0 saturated heterocycles. The maximum atomic E-state index is 12.0. The maximum absolute atomic E-state index is 12.0. The molecule has 0 fully saturated rings. The van der Waals surface area contributed by atoms with Crippen molar-refractivity contribution in [2.45, 2.75) is 90.9 Å². The van der Waals surface area contributed by atoms with Crippen molar-refractivity contribution in [1.82, 2.24) is 5.32 Å². The quantitative estimate of drug-likeness (QED) is 0.157. The van der Waals surface area contributed by atoms with Crippen LogP contribution in [0.15, 0.2) is 18.2 Å². The van der Waals surface area contributed by atoms with Crippen molar-refractivity contribution in [1.29, 1.82) is 0 Å². The number of rotatable bonds is 14. The van der Waals surface area contributed by atoms with E-state index in [0.717, 1.165) is 24.8 Å². The van der Waals surface area contributed by atoms with Gasteiger partial charge in [0.25, 0.3) is 5.69 Å². The molecule has 1 aromatic carbocycles. The van der Waals surface area contributed by atoms with Crippen LogP contribution in [-0.2, 0) is 4.79 Å². The number of unbranched alkanes of at least 4 members (excludes halogenated alkanes) is 10. The van der Waals surface area contributed by atoms with Crippen LogP contribution in [0.2, 0.25) is 0 Å². The lowest BCUT2D eigenvalue weighted by atomic mass is 10.1. The number of nitro benzene ring substituents is 1. The minimum absolute atomic E-state index is 0.0630. The van der Waals surface area contributed by atoms with E-state index in [0.29, 0.717) is 6.42 Å². The first-order valence-electron chi connectivity index (χ1n) is 10.8. The summed E-state index contributed by atoms with van der Waals surface area (Å²) in [5.41, 5.74) is 1.00. The van der Waals surface area contributed by atoms with Gasteiger partial charge in [-0.2, -0.15) is 0 Å². The van der Waals surface area contributed by atoms with E-state index in [2.05, 4.69) is 17.6 Å². The molecular weight excluding hydrogens is 386 g/mol. The molecule has 2 N–H and O–H groups in total. The van der Waals surface area contributed by atoms with Crippen molar-refractivity contribution in [3.8, 4) is 0 Å². The SMILES string of the molecule is CCCCCCCCCCCCCC(=O)NC(=S)Nc1ccc(C)cc1[N+](=O)[O-]. The Morgan fingerprint density at radius 3 is 2.10 bits per heavy atom. The van der Waals surface area contributed by atoms with E-state index < -0.39 is 4.92 Å². The number of nitrogens with zero attached hydrogens (tertiary/aromatic N) is 1. The molecule has 0 atom stereocenters. The van der Waals surface area contributed by atoms with E-state index in [1.165, 1.54) is 57.4 Å². The summed E-state index contributed by atoms with van der Waals surface area (Å²) >= 11 is 5.11. The Hall–Kier alpha value is -2.02. The molecule has 1 amide bonds. The number of carbonyl (C=O) groups excluding carboxylic acids is 1. The van der Waals surface area contributed by atoms with Gasteiger partial charge in [-0.3, -0.25) is 14.9 Å². The molecule has 7 heteroatoms. The summed E-state index contributed by atoms with van der Waals surface area (Å²) < 4.78 is 0. The Labute approximate surface area is 180 Å². The van der Waals surface area contributed by atoms with Gasteiger partial charge in [-0.25, -0.2) is 0 Å². The zero-order chi connectivity index (χ0) is 21.5. The minimum atomic E-state index is -0.467. The monoisotopic (exact) mass is 421 g/mol. The first-order chi connectivity index (χ1) is 13.9. The first kappa shape index (κ1) is 25.0. The Morgan fingerprint density at radius 2 is 1.55 bits per heavy atom. The highest BCUT2D eigenvalue weighted by Gasteiger charge is 2.15. The van der Waals surface area contributed by atoms with E-state index in [1.54, 1.807) is 19.1 Å². The number of thiocarbonyl (C=S) groups is 1. The van der Waals surface area contributed by atoms with Gasteiger partial charge in [0.15, 0.2) is 5.11 Å². The molecule has 0 aliphatic rings. The molecule has 0 saturated carbocycles. The average molecular weight is 422 g/mol. The van der Waals surface area contributed by atoms with Gasteiger partial charge in [-0.05, 0) is 37.2 Å². The van der Waals surface area contributed by atoms with Crippen LogP contribution < -0.4 is 10.6 Å². The fourth-order valence-corrected chi connectivity index (χ4v) is 3.41. The molecule has 0 bridgehead atoms. The number of nitro groups is 1. The molecule has 0 heterocycles. The van der Waals surface area contributed by atoms with Crippen LogP contribution in [0, 0.1) is 17.0 Å². The van der Waals surface area contributed by atoms with E-state index >= 15 is 0 Å². The molecule has 0 aliphatic heterocycles. The number of nitrogens with one attached hydrogen (secondary N) is 2. The van der Waals surface area contributed by atoms with Gasteiger partial charge in [-0.1, -0.05) is 77.2 Å². The van der Waals surface area contributed by atoms with Crippen molar-refractivity contribution >= 4 is 34.6 Å². The topological polar surface area (TPSA) is 84.3 Å². The molecular formula is C22H35N3O3S. The molecule has 1 rings (SSSR count). The fourth-order valence-electron chi connectivity index (χ4n) is 3.19. The summed E-state index contributed by atoms with van der Waals surface area (Å²) in [7, 11) is 0. The van der Waals surface area contributed by atoms with Crippen LogP contribution in [0.3, 0.4) is 0 Å². The van der Waals surface area contributed by atoms with Gasteiger partial charge in [-0.15, -0.1) is 0 Å². The molecule has 0 spiro atoms. The van der Waals surface area contributed by atoms with Gasteiger partial charge in [0.05, 0.1) is 4.92 Å². The van der Waals surface area contributed by atoms with Crippen LogP contribution in [0.25, 0.3) is 0 Å². The number of hydrogen-bond acceptors (Lipinski definition) is 4. The zero-order valence-electron chi connectivity index (χ0n) is 17.8. The Morgan fingerprint density at radius 1 is 1.00 bits per heavy atom. The Balaban J connectivity index is 2.15. The van der Waals surface area contributed by atoms with E-state index in [4.69, 9.17) is 12.2 Å². The van der Waals surface area contributed by atoms with Gasteiger partial charge in [0, 0.05) is 12.5 Å². The summed E-state index contributed by atoms with van der Waals surface area (Å²) in [5, 5.41) is 16.6. The highest BCUT2D eigenvalue weighted by molar-refractivity contribution is 7.80. The maximum Gasteiger partial charge on any atom is 0.292 e. The standard InChI is InChI=1S/C22H35N3O3S/c1-3-4-5-6-7-8-9-10-11-12-13-14-21(26)24-22(29)23-19-16-15-18(2)17-20(19)25(27)28/h15-17H,3-14H2,1-2H3,(H2,23,24,26,29). The van der Waals surface area contributed by atoms with Crippen LogP contribution in [0.4, 0.5) is 11.4 Å². The highest BCUT2D eigenvalue weighted by atomic mass is 32.1. The first-order valence-corrected chi connectivity index (χ1v) is 11.2. The molecule has 1 aromatic rings. The largest absolute Gasteiger partial charge is 0.327 e. The zero-order valence-corrected chi connectivity index (χ0v) is 18.6. The van der Waals surface area contributed by atoms with E-state index in [1.807, 2.05) is 0 Å². The lowest BCUT2D eigenvalue weighted by molar-refractivity contribution is -0.383. The molecule has 0 aromatic heterocycles. The molecule has 0 radical (unpaired) electrons. The predicted molar refractivity (Wildman–Crippen MR) is 123 cm³/mol. The molecule has 0 aliphatic carbocycles.